The fourth-order valence-corrected chi connectivity index (χ4v) is 1.95. The van der Waals surface area contributed by atoms with Crippen molar-refractivity contribution in [3.63, 3.8) is 0 Å². The van der Waals surface area contributed by atoms with Crippen LogP contribution in [-0.2, 0) is 16.0 Å². The summed E-state index contributed by atoms with van der Waals surface area (Å²) in [6, 6.07) is 5.10. The van der Waals surface area contributed by atoms with Gasteiger partial charge in [0.1, 0.15) is 0 Å². The monoisotopic (exact) mass is 265 g/mol. The lowest BCUT2D eigenvalue weighted by Gasteiger charge is -2.08. The third kappa shape index (κ3) is 3.15. The fraction of sp³-hybridized carbons (Fsp3) is 0.385. The van der Waals surface area contributed by atoms with Gasteiger partial charge in [0.25, 0.3) is 5.91 Å². The molecule has 0 spiro atoms. The van der Waals surface area contributed by atoms with Crippen LogP contribution in [0.1, 0.15) is 18.4 Å². The molecule has 2 rings (SSSR count). The average Bonchev–Trinajstić information content (AvgIpc) is 2.70. The number of methoxy groups -OCH3 is 1. The first kappa shape index (κ1) is 13.2. The highest BCUT2D eigenvalue weighted by atomic mass is 16.6. The average molecular weight is 265 g/mol. The SMILES string of the molecule is COc1cc(CCCC2OC(=O)NC2=O)ccc1O. The zero-order chi connectivity index (χ0) is 13.8. The molecule has 6 heteroatoms. The number of amides is 2. The van der Waals surface area contributed by atoms with E-state index in [-0.39, 0.29) is 11.7 Å². The van der Waals surface area contributed by atoms with E-state index in [9.17, 15) is 14.7 Å². The van der Waals surface area contributed by atoms with Gasteiger partial charge in [-0.1, -0.05) is 6.07 Å². The van der Waals surface area contributed by atoms with Gasteiger partial charge < -0.3 is 14.6 Å². The van der Waals surface area contributed by atoms with E-state index in [2.05, 4.69) is 5.32 Å². The molecule has 0 aliphatic carbocycles. The maximum atomic E-state index is 11.3. The number of phenols is 1. The molecule has 1 fully saturated rings. The topological polar surface area (TPSA) is 84.9 Å². The Balaban J connectivity index is 1.86. The number of alkyl carbamates (subject to hydrolysis) is 1. The number of benzene rings is 1. The summed E-state index contributed by atoms with van der Waals surface area (Å²) in [5.74, 6) is 0.131. The minimum atomic E-state index is -0.688. The van der Waals surface area contributed by atoms with Crippen molar-refractivity contribution < 1.29 is 24.2 Å². The van der Waals surface area contributed by atoms with Crippen LogP contribution >= 0.6 is 0 Å². The highest BCUT2D eigenvalue weighted by Crippen LogP contribution is 2.27. The van der Waals surface area contributed by atoms with Gasteiger partial charge in [0.2, 0.25) is 0 Å². The molecule has 1 saturated heterocycles. The quantitative estimate of drug-likeness (QED) is 0.839. The van der Waals surface area contributed by atoms with Crippen LogP contribution in [0.3, 0.4) is 0 Å². The van der Waals surface area contributed by atoms with E-state index < -0.39 is 12.2 Å². The van der Waals surface area contributed by atoms with Gasteiger partial charge in [-0.3, -0.25) is 10.1 Å². The number of aryl methyl sites for hydroxylation is 1. The van der Waals surface area contributed by atoms with Gasteiger partial charge in [-0.25, -0.2) is 4.79 Å². The number of phenolic OH excluding ortho intramolecular Hbond substituents is 1. The summed E-state index contributed by atoms with van der Waals surface area (Å²) in [4.78, 5) is 22.1. The van der Waals surface area contributed by atoms with Gasteiger partial charge >= 0.3 is 6.09 Å². The molecule has 0 aromatic heterocycles. The zero-order valence-electron chi connectivity index (χ0n) is 10.5. The van der Waals surface area contributed by atoms with E-state index >= 15 is 0 Å². The summed E-state index contributed by atoms with van der Waals surface area (Å²) >= 11 is 0. The third-order valence-electron chi connectivity index (χ3n) is 2.94. The van der Waals surface area contributed by atoms with Crippen molar-refractivity contribution in [3.05, 3.63) is 23.8 Å². The summed E-state index contributed by atoms with van der Waals surface area (Å²) in [6.45, 7) is 0. The predicted molar refractivity (Wildman–Crippen MR) is 66.0 cm³/mol. The lowest BCUT2D eigenvalue weighted by atomic mass is 10.1. The highest BCUT2D eigenvalue weighted by molar-refractivity contribution is 5.99. The minimum Gasteiger partial charge on any atom is -0.504 e. The van der Waals surface area contributed by atoms with Crippen LogP contribution in [0.2, 0.25) is 0 Å². The molecule has 1 unspecified atom stereocenters. The molecular weight excluding hydrogens is 250 g/mol. The van der Waals surface area contributed by atoms with Crippen LogP contribution in [-0.4, -0.2) is 30.3 Å². The Morgan fingerprint density at radius 1 is 1.42 bits per heavy atom. The molecule has 1 atom stereocenters. The normalized spacial score (nSPS) is 18.1. The van der Waals surface area contributed by atoms with Crippen LogP contribution in [0.5, 0.6) is 11.5 Å². The van der Waals surface area contributed by atoms with Crippen molar-refractivity contribution in [2.24, 2.45) is 0 Å². The number of ether oxygens (including phenoxy) is 2. The first-order valence-electron chi connectivity index (χ1n) is 5.97. The largest absolute Gasteiger partial charge is 0.504 e. The molecule has 1 aliphatic rings. The summed E-state index contributed by atoms with van der Waals surface area (Å²) in [6.07, 6.45) is 0.505. The van der Waals surface area contributed by atoms with E-state index in [0.29, 0.717) is 25.0 Å². The van der Waals surface area contributed by atoms with Crippen molar-refractivity contribution >= 4 is 12.0 Å². The van der Waals surface area contributed by atoms with Gasteiger partial charge in [-0.2, -0.15) is 0 Å². The fourth-order valence-electron chi connectivity index (χ4n) is 1.95. The summed E-state index contributed by atoms with van der Waals surface area (Å²) in [5.41, 5.74) is 0.986. The molecule has 0 saturated carbocycles. The first-order chi connectivity index (χ1) is 9.10. The second-order valence-electron chi connectivity index (χ2n) is 4.28. The number of aromatic hydroxyl groups is 1. The molecule has 1 aromatic rings. The van der Waals surface area contributed by atoms with Crippen molar-refractivity contribution in [2.45, 2.75) is 25.4 Å². The van der Waals surface area contributed by atoms with Gasteiger partial charge in [-0.15, -0.1) is 0 Å². The summed E-state index contributed by atoms with van der Waals surface area (Å²) < 4.78 is 9.82. The maximum Gasteiger partial charge on any atom is 0.414 e. The lowest BCUT2D eigenvalue weighted by Crippen LogP contribution is -2.24. The molecular formula is C13H15NO5. The molecule has 1 heterocycles. The lowest BCUT2D eigenvalue weighted by molar-refractivity contribution is -0.123. The molecule has 0 bridgehead atoms. The van der Waals surface area contributed by atoms with Crippen molar-refractivity contribution in [2.75, 3.05) is 7.11 Å². The number of cyclic esters (lactones) is 1. The Morgan fingerprint density at radius 2 is 2.21 bits per heavy atom. The van der Waals surface area contributed by atoms with E-state index in [1.54, 1.807) is 18.2 Å². The van der Waals surface area contributed by atoms with Gasteiger partial charge in [0.05, 0.1) is 7.11 Å². The van der Waals surface area contributed by atoms with E-state index in [1.165, 1.54) is 7.11 Å². The minimum absolute atomic E-state index is 0.0929. The number of carbonyl (C=O) groups excluding carboxylic acids is 2. The number of nitrogens with one attached hydrogen (secondary N) is 1. The van der Waals surface area contributed by atoms with Crippen molar-refractivity contribution in [3.8, 4) is 11.5 Å². The second kappa shape index (κ2) is 5.60. The maximum absolute atomic E-state index is 11.3. The molecule has 1 aliphatic heterocycles. The van der Waals surface area contributed by atoms with Gasteiger partial charge in [0, 0.05) is 0 Å². The molecule has 6 nitrogen and oxygen atoms in total. The van der Waals surface area contributed by atoms with Crippen LogP contribution in [0.25, 0.3) is 0 Å². The van der Waals surface area contributed by atoms with Gasteiger partial charge in [-0.05, 0) is 37.0 Å². The second-order valence-corrected chi connectivity index (χ2v) is 4.28. The predicted octanol–water partition coefficient (Wildman–Crippen LogP) is 1.36. The van der Waals surface area contributed by atoms with Gasteiger partial charge in [0.15, 0.2) is 17.6 Å². The number of carbonyl (C=O) groups is 2. The standard InChI is InChI=1S/C13H15NO5/c1-18-11-7-8(5-6-9(11)15)3-2-4-10-12(16)14-13(17)19-10/h5-7,10,15H,2-4H2,1H3,(H,14,16,17). The number of hydrogen-bond acceptors (Lipinski definition) is 5. The Hall–Kier alpha value is -2.24. The van der Waals surface area contributed by atoms with E-state index in [4.69, 9.17) is 9.47 Å². The van der Waals surface area contributed by atoms with E-state index in [1.807, 2.05) is 0 Å². The first-order valence-corrected chi connectivity index (χ1v) is 5.97. The van der Waals surface area contributed by atoms with Crippen LogP contribution in [0.4, 0.5) is 4.79 Å². The zero-order valence-corrected chi connectivity index (χ0v) is 10.5. The van der Waals surface area contributed by atoms with Crippen molar-refractivity contribution in [1.82, 2.24) is 5.32 Å². The number of rotatable bonds is 5. The highest BCUT2D eigenvalue weighted by Gasteiger charge is 2.31. The molecule has 2 amide bonds. The van der Waals surface area contributed by atoms with Crippen LogP contribution in [0.15, 0.2) is 18.2 Å². The van der Waals surface area contributed by atoms with Crippen molar-refractivity contribution in [1.29, 1.82) is 0 Å². The molecule has 0 radical (unpaired) electrons. The Kier molecular flexibility index (Phi) is 3.89. The van der Waals surface area contributed by atoms with Crippen LogP contribution < -0.4 is 10.1 Å². The number of hydrogen-bond donors (Lipinski definition) is 2. The van der Waals surface area contributed by atoms with E-state index in [0.717, 1.165) is 5.56 Å². The summed E-state index contributed by atoms with van der Waals surface area (Å²) in [5, 5.41) is 11.5. The Labute approximate surface area is 110 Å². The molecule has 102 valence electrons. The Morgan fingerprint density at radius 3 is 2.84 bits per heavy atom. The molecule has 2 N–H and O–H groups in total. The third-order valence-corrected chi connectivity index (χ3v) is 2.94. The molecule has 1 aromatic carbocycles. The summed E-state index contributed by atoms with van der Waals surface area (Å²) in [7, 11) is 1.49. The van der Waals surface area contributed by atoms with Crippen LogP contribution in [0, 0.1) is 0 Å². The molecule has 19 heavy (non-hydrogen) atoms. The number of imide groups is 1. The Bertz CT molecular complexity index is 500. The smallest absolute Gasteiger partial charge is 0.414 e.